The lowest BCUT2D eigenvalue weighted by Gasteiger charge is -2.36. The summed E-state index contributed by atoms with van der Waals surface area (Å²) in [7, 11) is 0. The molecule has 1 fully saturated rings. The Labute approximate surface area is 85.5 Å². The van der Waals surface area contributed by atoms with Gasteiger partial charge in [0.2, 0.25) is 0 Å². The van der Waals surface area contributed by atoms with Gasteiger partial charge in [0.1, 0.15) is 5.60 Å². The Hall–Kier alpha value is -0.610. The Morgan fingerprint density at radius 1 is 1.29 bits per heavy atom. The molecule has 0 spiro atoms. The fraction of sp³-hybridized carbons (Fsp3) is 0.900. The van der Waals surface area contributed by atoms with Gasteiger partial charge in [-0.2, -0.15) is 0 Å². The van der Waals surface area contributed by atoms with Crippen molar-refractivity contribution < 1.29 is 9.90 Å². The molecule has 1 N–H and O–H groups in total. The van der Waals surface area contributed by atoms with Crippen LogP contribution in [-0.4, -0.2) is 59.1 Å². The third-order valence-corrected chi connectivity index (χ3v) is 2.63. The summed E-state index contributed by atoms with van der Waals surface area (Å²) in [5, 5.41) is 9.56. The van der Waals surface area contributed by atoms with Gasteiger partial charge < -0.3 is 14.9 Å². The molecule has 4 nitrogen and oxygen atoms in total. The van der Waals surface area contributed by atoms with E-state index in [1.165, 1.54) is 0 Å². The smallest absolute Gasteiger partial charge is 0.254 e. The van der Waals surface area contributed by atoms with E-state index in [9.17, 15) is 9.90 Å². The second-order valence-electron chi connectivity index (χ2n) is 4.29. The van der Waals surface area contributed by atoms with Gasteiger partial charge in [0.05, 0.1) is 0 Å². The van der Waals surface area contributed by atoms with Crippen LogP contribution in [-0.2, 0) is 4.79 Å². The fourth-order valence-electron chi connectivity index (χ4n) is 1.65. The monoisotopic (exact) mass is 200 g/mol. The van der Waals surface area contributed by atoms with Crippen LogP contribution in [0.15, 0.2) is 0 Å². The van der Waals surface area contributed by atoms with Crippen molar-refractivity contribution in [2.45, 2.75) is 26.4 Å². The number of aliphatic hydroxyl groups is 1. The lowest BCUT2D eigenvalue weighted by molar-refractivity contribution is -0.149. The molecule has 0 radical (unpaired) electrons. The summed E-state index contributed by atoms with van der Waals surface area (Å²) in [6.45, 7) is 9.53. The van der Waals surface area contributed by atoms with Gasteiger partial charge in [-0.05, 0) is 20.4 Å². The predicted octanol–water partition coefficient (Wildman–Crippen LogP) is -0.0786. The number of amides is 1. The van der Waals surface area contributed by atoms with Crippen molar-refractivity contribution >= 4 is 5.91 Å². The van der Waals surface area contributed by atoms with Crippen LogP contribution in [0.5, 0.6) is 0 Å². The van der Waals surface area contributed by atoms with Crippen molar-refractivity contribution in [3.63, 3.8) is 0 Å². The molecule has 1 aliphatic heterocycles. The molecule has 0 aromatic heterocycles. The zero-order valence-electron chi connectivity index (χ0n) is 9.29. The molecule has 4 heteroatoms. The van der Waals surface area contributed by atoms with Crippen LogP contribution in [0.25, 0.3) is 0 Å². The SMILES string of the molecule is CCN1CCN(C(=O)C(C)(C)O)CC1. The minimum Gasteiger partial charge on any atom is -0.381 e. The molecular formula is C10H20N2O2. The molecule has 0 saturated carbocycles. The maximum atomic E-state index is 11.7. The first kappa shape index (κ1) is 11.5. The Bertz CT molecular complexity index is 203. The minimum atomic E-state index is -1.23. The number of hydrogen-bond acceptors (Lipinski definition) is 3. The van der Waals surface area contributed by atoms with Crippen molar-refractivity contribution in [3.8, 4) is 0 Å². The molecule has 14 heavy (non-hydrogen) atoms. The maximum Gasteiger partial charge on any atom is 0.254 e. The molecule has 1 amide bonds. The lowest BCUT2D eigenvalue weighted by Crippen LogP contribution is -2.53. The zero-order chi connectivity index (χ0) is 10.8. The van der Waals surface area contributed by atoms with Crippen molar-refractivity contribution in [3.05, 3.63) is 0 Å². The molecule has 82 valence electrons. The molecule has 1 saturated heterocycles. The van der Waals surface area contributed by atoms with Crippen molar-refractivity contribution in [1.29, 1.82) is 0 Å². The molecule has 0 aliphatic carbocycles. The molecule has 1 rings (SSSR count). The molecule has 0 bridgehead atoms. The Balaban J connectivity index is 2.46. The molecule has 1 heterocycles. The first-order valence-corrected chi connectivity index (χ1v) is 5.19. The summed E-state index contributed by atoms with van der Waals surface area (Å²) < 4.78 is 0. The second-order valence-corrected chi connectivity index (χ2v) is 4.29. The number of hydrogen-bond donors (Lipinski definition) is 1. The molecule has 0 unspecified atom stereocenters. The number of rotatable bonds is 2. The number of carbonyl (C=O) groups is 1. The van der Waals surface area contributed by atoms with Crippen LogP contribution in [0.2, 0.25) is 0 Å². The fourth-order valence-corrected chi connectivity index (χ4v) is 1.65. The summed E-state index contributed by atoms with van der Waals surface area (Å²) >= 11 is 0. The van der Waals surface area contributed by atoms with Crippen LogP contribution in [0, 0.1) is 0 Å². The predicted molar refractivity (Wildman–Crippen MR) is 55.0 cm³/mol. The van der Waals surface area contributed by atoms with Crippen LogP contribution >= 0.6 is 0 Å². The highest BCUT2D eigenvalue weighted by molar-refractivity contribution is 5.84. The van der Waals surface area contributed by atoms with Crippen molar-refractivity contribution in [2.24, 2.45) is 0 Å². The van der Waals surface area contributed by atoms with E-state index < -0.39 is 5.60 Å². The largest absolute Gasteiger partial charge is 0.381 e. The van der Waals surface area contributed by atoms with E-state index in [-0.39, 0.29) is 5.91 Å². The molecular weight excluding hydrogens is 180 g/mol. The highest BCUT2D eigenvalue weighted by Gasteiger charge is 2.30. The number of nitrogens with zero attached hydrogens (tertiary/aromatic N) is 2. The molecule has 0 aromatic rings. The number of piperazine rings is 1. The Morgan fingerprint density at radius 3 is 2.14 bits per heavy atom. The van der Waals surface area contributed by atoms with E-state index in [2.05, 4.69) is 11.8 Å². The average Bonchev–Trinajstić information content (AvgIpc) is 2.15. The van der Waals surface area contributed by atoms with Gasteiger partial charge in [-0.3, -0.25) is 4.79 Å². The van der Waals surface area contributed by atoms with Gasteiger partial charge >= 0.3 is 0 Å². The van der Waals surface area contributed by atoms with Crippen molar-refractivity contribution in [1.82, 2.24) is 9.80 Å². The van der Waals surface area contributed by atoms with Crippen molar-refractivity contribution in [2.75, 3.05) is 32.7 Å². The molecule has 0 atom stereocenters. The minimum absolute atomic E-state index is 0.159. The van der Waals surface area contributed by atoms with E-state index in [0.29, 0.717) is 0 Å². The van der Waals surface area contributed by atoms with E-state index in [4.69, 9.17) is 0 Å². The quantitative estimate of drug-likeness (QED) is 0.678. The summed E-state index contributed by atoms with van der Waals surface area (Å²) in [5.41, 5.74) is -1.23. The van der Waals surface area contributed by atoms with Crippen LogP contribution in [0.3, 0.4) is 0 Å². The van der Waals surface area contributed by atoms with Gasteiger partial charge in [-0.1, -0.05) is 6.92 Å². The van der Waals surface area contributed by atoms with E-state index in [0.717, 1.165) is 32.7 Å². The normalized spacial score (nSPS) is 19.9. The highest BCUT2D eigenvalue weighted by Crippen LogP contribution is 2.10. The Morgan fingerprint density at radius 2 is 1.79 bits per heavy atom. The highest BCUT2D eigenvalue weighted by atomic mass is 16.3. The average molecular weight is 200 g/mol. The van der Waals surface area contributed by atoms with Crippen LogP contribution in [0.4, 0.5) is 0 Å². The van der Waals surface area contributed by atoms with Gasteiger partial charge in [0, 0.05) is 26.2 Å². The number of likely N-dealkylation sites (N-methyl/N-ethyl adjacent to an activating group) is 1. The third kappa shape index (κ3) is 2.69. The summed E-state index contributed by atoms with van der Waals surface area (Å²) in [5.74, 6) is -0.159. The summed E-state index contributed by atoms with van der Waals surface area (Å²) in [6.07, 6.45) is 0. The first-order valence-electron chi connectivity index (χ1n) is 5.19. The maximum absolute atomic E-state index is 11.7. The molecule has 0 aromatic carbocycles. The van der Waals surface area contributed by atoms with E-state index in [1.54, 1.807) is 18.7 Å². The zero-order valence-corrected chi connectivity index (χ0v) is 9.29. The van der Waals surface area contributed by atoms with Gasteiger partial charge in [0.25, 0.3) is 5.91 Å². The summed E-state index contributed by atoms with van der Waals surface area (Å²) in [4.78, 5) is 15.7. The lowest BCUT2D eigenvalue weighted by atomic mass is 10.1. The van der Waals surface area contributed by atoms with Crippen LogP contribution < -0.4 is 0 Å². The van der Waals surface area contributed by atoms with Gasteiger partial charge in [0.15, 0.2) is 0 Å². The van der Waals surface area contributed by atoms with E-state index >= 15 is 0 Å². The summed E-state index contributed by atoms with van der Waals surface area (Å²) in [6, 6.07) is 0. The third-order valence-electron chi connectivity index (χ3n) is 2.63. The number of carbonyl (C=O) groups excluding carboxylic acids is 1. The van der Waals surface area contributed by atoms with Crippen LogP contribution in [0.1, 0.15) is 20.8 Å². The van der Waals surface area contributed by atoms with Gasteiger partial charge in [-0.25, -0.2) is 0 Å². The second kappa shape index (κ2) is 4.28. The first-order chi connectivity index (χ1) is 6.45. The van der Waals surface area contributed by atoms with E-state index in [1.807, 2.05) is 0 Å². The van der Waals surface area contributed by atoms with Gasteiger partial charge in [-0.15, -0.1) is 0 Å². The standard InChI is InChI=1S/C10H20N2O2/c1-4-11-5-7-12(8-6-11)9(13)10(2,3)14/h14H,4-8H2,1-3H3. The molecule has 1 aliphatic rings. The topological polar surface area (TPSA) is 43.8 Å². The Kier molecular flexibility index (Phi) is 3.50.